The fourth-order valence-corrected chi connectivity index (χ4v) is 2.73. The van der Waals surface area contributed by atoms with E-state index >= 15 is 0 Å². The molecule has 0 saturated heterocycles. The normalized spacial score (nSPS) is 11.6. The van der Waals surface area contributed by atoms with E-state index in [0.717, 1.165) is 0 Å². The molecule has 2 amide bonds. The molecular weight excluding hydrogens is 413 g/mol. The van der Waals surface area contributed by atoms with Gasteiger partial charge in [-0.15, -0.1) is 0 Å². The summed E-state index contributed by atoms with van der Waals surface area (Å²) in [5.41, 5.74) is 5.30. The van der Waals surface area contributed by atoms with Gasteiger partial charge in [0, 0.05) is 18.4 Å². The first-order chi connectivity index (χ1) is 14.4. The lowest BCUT2D eigenvalue weighted by Gasteiger charge is -2.15. The Kier molecular flexibility index (Phi) is 7.03. The quantitative estimate of drug-likeness (QED) is 0.556. The zero-order valence-corrected chi connectivity index (χ0v) is 16.8. The van der Waals surface area contributed by atoms with Crippen molar-refractivity contribution in [2.45, 2.75) is 25.9 Å². The van der Waals surface area contributed by atoms with E-state index in [0.29, 0.717) is 28.0 Å². The molecule has 30 heavy (non-hydrogen) atoms. The average Bonchev–Trinajstić information content (AvgIpc) is 3.21. The third kappa shape index (κ3) is 5.81. The van der Waals surface area contributed by atoms with Gasteiger partial charge in [0.25, 0.3) is 5.91 Å². The number of hydrogen-bond acceptors (Lipinski definition) is 5. The molecule has 1 heterocycles. The second kappa shape index (κ2) is 9.89. The fraction of sp³-hybridized carbons (Fsp3) is 0.190. The van der Waals surface area contributed by atoms with Gasteiger partial charge in [-0.2, -0.15) is 0 Å². The Bertz CT molecular complexity index is 1020. The second-order valence-electron chi connectivity index (χ2n) is 6.35. The summed E-state index contributed by atoms with van der Waals surface area (Å²) in [6.07, 6.45) is 0.953. The van der Waals surface area contributed by atoms with Gasteiger partial charge in [0.15, 0.2) is 17.8 Å². The number of carbonyl (C=O) groups excluding carboxylic acids is 2. The van der Waals surface area contributed by atoms with E-state index in [9.17, 15) is 14.0 Å². The number of hydrogen-bond donors (Lipinski definition) is 2. The van der Waals surface area contributed by atoms with Crippen molar-refractivity contribution in [3.05, 3.63) is 71.5 Å². The van der Waals surface area contributed by atoms with Crippen molar-refractivity contribution in [2.75, 3.05) is 0 Å². The number of benzene rings is 2. The number of ether oxygens (including phenoxy) is 1. The van der Waals surface area contributed by atoms with Gasteiger partial charge in [-0.05, 0) is 43.3 Å². The summed E-state index contributed by atoms with van der Waals surface area (Å²) >= 11 is 6.13. The van der Waals surface area contributed by atoms with Crippen LogP contribution in [0, 0.1) is 5.82 Å². The highest BCUT2D eigenvalue weighted by atomic mass is 35.5. The molecule has 0 aliphatic heterocycles. The largest absolute Gasteiger partial charge is 0.481 e. The molecule has 1 atom stereocenters. The van der Waals surface area contributed by atoms with E-state index in [-0.39, 0.29) is 12.8 Å². The van der Waals surface area contributed by atoms with Gasteiger partial charge in [-0.25, -0.2) is 9.37 Å². The lowest BCUT2D eigenvalue weighted by Crippen LogP contribution is -2.47. The molecule has 0 spiro atoms. The lowest BCUT2D eigenvalue weighted by atomic mass is 10.2. The van der Waals surface area contributed by atoms with Crippen molar-refractivity contribution < 1.29 is 23.1 Å². The maximum atomic E-state index is 12.9. The molecule has 0 saturated carbocycles. The van der Waals surface area contributed by atoms with Gasteiger partial charge >= 0.3 is 0 Å². The van der Waals surface area contributed by atoms with E-state index in [4.69, 9.17) is 20.8 Å². The molecule has 7 nitrogen and oxygen atoms in total. The number of aryl methyl sites for hydroxylation is 1. The Morgan fingerprint density at radius 2 is 1.90 bits per heavy atom. The number of nitrogens with zero attached hydrogens (tertiary/aromatic N) is 1. The van der Waals surface area contributed by atoms with E-state index in [1.165, 1.54) is 31.2 Å². The number of oxazole rings is 1. The first-order valence-electron chi connectivity index (χ1n) is 9.13. The van der Waals surface area contributed by atoms with Crippen LogP contribution in [0.3, 0.4) is 0 Å². The Labute approximate surface area is 177 Å². The highest BCUT2D eigenvalue weighted by Crippen LogP contribution is 2.28. The van der Waals surface area contributed by atoms with E-state index in [1.54, 1.807) is 12.3 Å². The minimum Gasteiger partial charge on any atom is -0.481 e. The van der Waals surface area contributed by atoms with Crippen LogP contribution in [0.15, 0.2) is 59.1 Å². The van der Waals surface area contributed by atoms with Crippen molar-refractivity contribution in [1.82, 2.24) is 15.8 Å². The van der Waals surface area contributed by atoms with Crippen LogP contribution in [0.5, 0.6) is 5.75 Å². The standard InChI is InChI=1S/C21H19ClFN3O4/c1-13(29-15-8-6-14(23)7-9-15)21(28)26-25-19(27)10-11-20-24-12-18(30-20)16-4-2-3-5-17(16)22/h2-9,12-13H,10-11H2,1H3,(H,25,27)(H,26,28). The molecule has 1 aromatic heterocycles. The monoisotopic (exact) mass is 431 g/mol. The molecule has 0 bridgehead atoms. The van der Waals surface area contributed by atoms with Crippen LogP contribution in [0.1, 0.15) is 19.2 Å². The molecule has 156 valence electrons. The number of carbonyl (C=O) groups is 2. The van der Waals surface area contributed by atoms with Crippen molar-refractivity contribution in [3.8, 4) is 17.1 Å². The zero-order valence-electron chi connectivity index (χ0n) is 16.0. The van der Waals surface area contributed by atoms with Crippen LogP contribution in [0.2, 0.25) is 5.02 Å². The summed E-state index contributed by atoms with van der Waals surface area (Å²) < 4.78 is 23.9. The van der Waals surface area contributed by atoms with Gasteiger partial charge < -0.3 is 9.15 Å². The Balaban J connectivity index is 1.43. The first-order valence-corrected chi connectivity index (χ1v) is 9.50. The van der Waals surface area contributed by atoms with Gasteiger partial charge in [0.05, 0.1) is 11.2 Å². The third-order valence-electron chi connectivity index (χ3n) is 4.08. The van der Waals surface area contributed by atoms with Crippen molar-refractivity contribution in [1.29, 1.82) is 0 Å². The highest BCUT2D eigenvalue weighted by Gasteiger charge is 2.16. The number of aromatic nitrogens is 1. The zero-order chi connectivity index (χ0) is 21.5. The van der Waals surface area contributed by atoms with E-state index in [1.807, 2.05) is 18.2 Å². The topological polar surface area (TPSA) is 93.5 Å². The molecular formula is C21H19ClFN3O4. The Hall–Kier alpha value is -3.39. The van der Waals surface area contributed by atoms with Crippen LogP contribution in [-0.4, -0.2) is 22.9 Å². The van der Waals surface area contributed by atoms with Crippen molar-refractivity contribution >= 4 is 23.4 Å². The Morgan fingerprint density at radius 1 is 1.17 bits per heavy atom. The predicted molar refractivity (Wildman–Crippen MR) is 108 cm³/mol. The van der Waals surface area contributed by atoms with Crippen LogP contribution in [-0.2, 0) is 16.0 Å². The predicted octanol–water partition coefficient (Wildman–Crippen LogP) is 3.68. The molecule has 3 rings (SSSR count). The summed E-state index contributed by atoms with van der Waals surface area (Å²) in [5.74, 6) is -0.157. The van der Waals surface area contributed by atoms with Crippen LogP contribution >= 0.6 is 11.6 Å². The smallest absolute Gasteiger partial charge is 0.279 e. The molecule has 1 unspecified atom stereocenters. The summed E-state index contributed by atoms with van der Waals surface area (Å²) in [4.78, 5) is 28.1. The molecule has 9 heteroatoms. The number of halogens is 2. The summed E-state index contributed by atoms with van der Waals surface area (Å²) in [6, 6.07) is 12.5. The molecule has 0 aliphatic carbocycles. The third-order valence-corrected chi connectivity index (χ3v) is 4.41. The maximum absolute atomic E-state index is 12.9. The van der Waals surface area contributed by atoms with Crippen LogP contribution in [0.25, 0.3) is 11.3 Å². The summed E-state index contributed by atoms with van der Waals surface area (Å²) in [7, 11) is 0. The fourth-order valence-electron chi connectivity index (χ4n) is 2.50. The van der Waals surface area contributed by atoms with E-state index < -0.39 is 23.7 Å². The molecule has 3 aromatic rings. The minimum atomic E-state index is -0.888. The van der Waals surface area contributed by atoms with Crippen molar-refractivity contribution in [2.24, 2.45) is 0 Å². The maximum Gasteiger partial charge on any atom is 0.279 e. The van der Waals surface area contributed by atoms with Crippen molar-refractivity contribution in [3.63, 3.8) is 0 Å². The number of hydrazine groups is 1. The van der Waals surface area contributed by atoms with Gasteiger partial charge in [-0.3, -0.25) is 20.4 Å². The average molecular weight is 432 g/mol. The van der Waals surface area contributed by atoms with Gasteiger partial charge in [0.2, 0.25) is 5.91 Å². The van der Waals surface area contributed by atoms with E-state index in [2.05, 4.69) is 15.8 Å². The van der Waals surface area contributed by atoms with Crippen LogP contribution < -0.4 is 15.6 Å². The molecule has 2 aromatic carbocycles. The van der Waals surface area contributed by atoms with Gasteiger partial charge in [0.1, 0.15) is 11.6 Å². The lowest BCUT2D eigenvalue weighted by molar-refractivity contribution is -0.132. The Morgan fingerprint density at radius 3 is 2.63 bits per heavy atom. The number of rotatable bonds is 7. The molecule has 0 aliphatic rings. The second-order valence-corrected chi connectivity index (χ2v) is 6.76. The molecule has 0 fully saturated rings. The molecule has 0 radical (unpaired) electrons. The first kappa shape index (κ1) is 21.3. The highest BCUT2D eigenvalue weighted by molar-refractivity contribution is 6.33. The number of amides is 2. The summed E-state index contributed by atoms with van der Waals surface area (Å²) in [6.45, 7) is 1.51. The molecule has 2 N–H and O–H groups in total. The summed E-state index contributed by atoms with van der Waals surface area (Å²) in [5, 5.41) is 0.539. The van der Waals surface area contributed by atoms with Gasteiger partial charge in [-0.1, -0.05) is 23.7 Å². The minimum absolute atomic E-state index is 0.0515. The number of nitrogens with one attached hydrogen (secondary N) is 2. The van der Waals surface area contributed by atoms with Crippen LogP contribution in [0.4, 0.5) is 4.39 Å². The SMILES string of the molecule is CC(Oc1ccc(F)cc1)C(=O)NNC(=O)CCc1ncc(-c2ccccc2Cl)o1.